The monoisotopic (exact) mass is 422 g/mol. The van der Waals surface area contributed by atoms with Crippen LogP contribution in [0, 0.1) is 0 Å². The molecule has 0 aromatic carbocycles. The molecule has 0 aliphatic rings. The fourth-order valence-corrected chi connectivity index (χ4v) is 2.12. The van der Waals surface area contributed by atoms with Crippen LogP contribution >= 0.6 is 0 Å². The third-order valence-corrected chi connectivity index (χ3v) is 3.87. The van der Waals surface area contributed by atoms with Crippen LogP contribution in [-0.2, 0) is 14.3 Å². The lowest BCUT2D eigenvalue weighted by Gasteiger charge is -2.10. The summed E-state index contributed by atoms with van der Waals surface area (Å²) in [4.78, 5) is 20.1. The van der Waals surface area contributed by atoms with Crippen molar-refractivity contribution in [2.75, 3.05) is 13.2 Å². The normalized spacial score (nSPS) is 12.1. The van der Waals surface area contributed by atoms with Gasteiger partial charge in [-0.3, -0.25) is 9.59 Å². The van der Waals surface area contributed by atoms with Crippen LogP contribution < -0.4 is 0 Å². The van der Waals surface area contributed by atoms with Crippen LogP contribution in [0.5, 0.6) is 0 Å². The van der Waals surface area contributed by atoms with Gasteiger partial charge >= 0.3 is 11.9 Å². The largest absolute Gasteiger partial charge is 0.481 e. The standard InChI is InChI=1S/2C8H16O2.C6H14O3/c2*1-2-3-4-5-6-7-8(9)10;1-5(8)4-9-6(2)3-7/h2*2-7H2,1H3,(H,9,10);5-8H,3-4H2,1-2H3. The van der Waals surface area contributed by atoms with Crippen LogP contribution in [-0.4, -0.2) is 57.8 Å². The first kappa shape index (κ1) is 32.5. The first-order valence-corrected chi connectivity index (χ1v) is 11.0. The zero-order chi connectivity index (χ0) is 22.9. The second-order valence-electron chi connectivity index (χ2n) is 7.29. The smallest absolute Gasteiger partial charge is 0.303 e. The number of hydrogen-bond acceptors (Lipinski definition) is 5. The first-order valence-electron chi connectivity index (χ1n) is 11.0. The Morgan fingerprint density at radius 2 is 1.14 bits per heavy atom. The highest BCUT2D eigenvalue weighted by molar-refractivity contribution is 5.66. The second kappa shape index (κ2) is 26.8. The maximum atomic E-state index is 10.0. The van der Waals surface area contributed by atoms with Gasteiger partial charge in [0.2, 0.25) is 0 Å². The minimum Gasteiger partial charge on any atom is -0.481 e. The van der Waals surface area contributed by atoms with Crippen molar-refractivity contribution in [3.8, 4) is 0 Å². The molecule has 7 nitrogen and oxygen atoms in total. The molecule has 0 heterocycles. The quantitative estimate of drug-likeness (QED) is 0.267. The summed E-state index contributed by atoms with van der Waals surface area (Å²) in [7, 11) is 0. The van der Waals surface area contributed by atoms with Gasteiger partial charge in [0.15, 0.2) is 0 Å². The summed E-state index contributed by atoms with van der Waals surface area (Å²) in [6, 6.07) is 0. The number of ether oxygens (including phenoxy) is 1. The summed E-state index contributed by atoms with van der Waals surface area (Å²) < 4.78 is 4.95. The topological polar surface area (TPSA) is 124 Å². The van der Waals surface area contributed by atoms with Crippen molar-refractivity contribution in [1.82, 2.24) is 0 Å². The van der Waals surface area contributed by atoms with Crippen LogP contribution in [0.4, 0.5) is 0 Å². The molecule has 0 fully saturated rings. The van der Waals surface area contributed by atoms with E-state index in [4.69, 9.17) is 25.2 Å². The number of carboxylic acid groups (broad SMARTS) is 2. The summed E-state index contributed by atoms with van der Waals surface area (Å²) in [5.41, 5.74) is 0. The minimum absolute atomic E-state index is 0.00667. The van der Waals surface area contributed by atoms with Crippen molar-refractivity contribution in [3.63, 3.8) is 0 Å². The van der Waals surface area contributed by atoms with Gasteiger partial charge in [-0.05, 0) is 26.7 Å². The molecular weight excluding hydrogens is 376 g/mol. The van der Waals surface area contributed by atoms with E-state index in [2.05, 4.69) is 13.8 Å². The molecule has 0 aromatic rings. The SMILES string of the molecule is CC(O)COC(C)CO.CCCCCCCC(=O)O.CCCCCCCC(=O)O. The van der Waals surface area contributed by atoms with Crippen molar-refractivity contribution >= 4 is 11.9 Å². The van der Waals surface area contributed by atoms with Crippen molar-refractivity contribution in [3.05, 3.63) is 0 Å². The Hall–Kier alpha value is -1.18. The van der Waals surface area contributed by atoms with Crippen LogP contribution in [0.25, 0.3) is 0 Å². The van der Waals surface area contributed by atoms with E-state index in [0.29, 0.717) is 19.4 Å². The summed E-state index contributed by atoms with van der Waals surface area (Å²) >= 11 is 0. The number of aliphatic hydroxyl groups excluding tert-OH is 2. The van der Waals surface area contributed by atoms with Crippen LogP contribution in [0.15, 0.2) is 0 Å². The molecule has 0 aliphatic carbocycles. The maximum Gasteiger partial charge on any atom is 0.303 e. The van der Waals surface area contributed by atoms with E-state index in [1.807, 2.05) is 0 Å². The molecule has 0 saturated heterocycles. The van der Waals surface area contributed by atoms with Gasteiger partial charge in [-0.1, -0.05) is 65.2 Å². The number of rotatable bonds is 16. The fraction of sp³-hybridized carbons (Fsp3) is 0.909. The van der Waals surface area contributed by atoms with Gasteiger partial charge in [0, 0.05) is 12.8 Å². The number of carboxylic acids is 2. The van der Waals surface area contributed by atoms with Crippen molar-refractivity contribution in [2.45, 2.75) is 117 Å². The highest BCUT2D eigenvalue weighted by atomic mass is 16.5. The number of aliphatic carboxylic acids is 2. The van der Waals surface area contributed by atoms with Crippen molar-refractivity contribution in [1.29, 1.82) is 0 Å². The molecule has 176 valence electrons. The lowest BCUT2D eigenvalue weighted by Crippen LogP contribution is -2.19. The van der Waals surface area contributed by atoms with Crippen LogP contribution in [0.2, 0.25) is 0 Å². The number of unbranched alkanes of at least 4 members (excludes halogenated alkanes) is 8. The average molecular weight is 423 g/mol. The lowest BCUT2D eigenvalue weighted by atomic mass is 10.1. The van der Waals surface area contributed by atoms with Crippen LogP contribution in [0.1, 0.15) is 105 Å². The van der Waals surface area contributed by atoms with Gasteiger partial charge in [0.1, 0.15) is 0 Å². The van der Waals surface area contributed by atoms with Gasteiger partial charge < -0.3 is 25.2 Å². The summed E-state index contributed by atoms with van der Waals surface area (Å²) in [5.74, 6) is -1.34. The van der Waals surface area contributed by atoms with E-state index in [0.717, 1.165) is 25.7 Å². The van der Waals surface area contributed by atoms with E-state index >= 15 is 0 Å². The third kappa shape index (κ3) is 42.1. The van der Waals surface area contributed by atoms with Gasteiger partial charge in [-0.15, -0.1) is 0 Å². The molecule has 29 heavy (non-hydrogen) atoms. The van der Waals surface area contributed by atoms with Crippen molar-refractivity contribution in [2.24, 2.45) is 0 Å². The molecule has 0 aromatic heterocycles. The van der Waals surface area contributed by atoms with Gasteiger partial charge in [0.25, 0.3) is 0 Å². The van der Waals surface area contributed by atoms with E-state index in [1.165, 1.54) is 38.5 Å². The number of aliphatic hydroxyl groups is 2. The highest BCUT2D eigenvalue weighted by Gasteiger charge is 2.00. The molecular formula is C22H46O7. The molecule has 0 rings (SSSR count). The zero-order valence-corrected chi connectivity index (χ0v) is 19.1. The molecule has 0 spiro atoms. The Balaban J connectivity index is -0.000000350. The molecule has 0 radical (unpaired) electrons. The number of carbonyl (C=O) groups is 2. The summed E-state index contributed by atoms with van der Waals surface area (Å²) in [6.07, 6.45) is 11.2. The van der Waals surface area contributed by atoms with E-state index in [1.54, 1.807) is 13.8 Å². The van der Waals surface area contributed by atoms with Gasteiger partial charge in [-0.25, -0.2) is 0 Å². The predicted octanol–water partition coefficient (Wildman–Crippen LogP) is 4.63. The summed E-state index contributed by atoms with van der Waals surface area (Å²) in [5, 5.41) is 33.7. The van der Waals surface area contributed by atoms with Gasteiger partial charge in [0.05, 0.1) is 25.4 Å². The van der Waals surface area contributed by atoms with E-state index in [9.17, 15) is 9.59 Å². The lowest BCUT2D eigenvalue weighted by molar-refractivity contribution is -0.138. The predicted molar refractivity (Wildman–Crippen MR) is 116 cm³/mol. The molecule has 4 N–H and O–H groups in total. The Labute approximate surface area is 177 Å². The van der Waals surface area contributed by atoms with E-state index < -0.39 is 18.0 Å². The summed E-state index contributed by atoms with van der Waals surface area (Å²) in [6.45, 7) is 8.00. The molecule has 0 saturated carbocycles. The molecule has 0 bridgehead atoms. The Morgan fingerprint density at radius 3 is 1.41 bits per heavy atom. The van der Waals surface area contributed by atoms with Crippen LogP contribution in [0.3, 0.4) is 0 Å². The Morgan fingerprint density at radius 1 is 0.759 bits per heavy atom. The fourth-order valence-electron chi connectivity index (χ4n) is 2.12. The highest BCUT2D eigenvalue weighted by Crippen LogP contribution is 2.05. The second-order valence-corrected chi connectivity index (χ2v) is 7.29. The zero-order valence-electron chi connectivity index (χ0n) is 19.1. The average Bonchev–Trinajstić information content (AvgIpc) is 2.66. The molecule has 7 heteroatoms. The van der Waals surface area contributed by atoms with Crippen molar-refractivity contribution < 1.29 is 34.8 Å². The maximum absolute atomic E-state index is 10.0. The van der Waals surface area contributed by atoms with Gasteiger partial charge in [-0.2, -0.15) is 0 Å². The van der Waals surface area contributed by atoms with E-state index in [-0.39, 0.29) is 12.7 Å². The minimum atomic E-state index is -0.670. The Kier molecular flexibility index (Phi) is 30.0. The molecule has 0 aliphatic heterocycles. The Bertz CT molecular complexity index is 322. The molecule has 0 amide bonds. The molecule has 2 unspecified atom stereocenters. The first-order chi connectivity index (χ1) is 13.7. The third-order valence-electron chi connectivity index (χ3n) is 3.87. The molecule has 2 atom stereocenters. The number of hydrogen-bond donors (Lipinski definition) is 4.